The molecule has 0 aromatic heterocycles. The molecule has 4 nitrogen and oxygen atoms in total. The van der Waals surface area contributed by atoms with Crippen LogP contribution in [0.3, 0.4) is 0 Å². The lowest BCUT2D eigenvalue weighted by atomic mass is 10.1. The average molecular weight is 241 g/mol. The maximum Gasteiger partial charge on any atom is 0.233 e. The van der Waals surface area contributed by atoms with Gasteiger partial charge in [-0.2, -0.15) is 0 Å². The van der Waals surface area contributed by atoms with Crippen LogP contribution in [0, 0.1) is 5.92 Å². The zero-order chi connectivity index (χ0) is 12.5. The van der Waals surface area contributed by atoms with Crippen molar-refractivity contribution < 1.29 is 4.79 Å². The Morgan fingerprint density at radius 2 is 2.00 bits per heavy atom. The number of carbonyl (C=O) groups is 1. The summed E-state index contributed by atoms with van der Waals surface area (Å²) in [5, 5.41) is 0. The minimum absolute atomic E-state index is 0.0516. The SMILES string of the molecule is CN(CCCCCC(=O)NN)CC1CCCC1. The molecule has 1 aliphatic carbocycles. The Kier molecular flexibility index (Phi) is 7.21. The number of rotatable bonds is 8. The third-order valence-electron chi connectivity index (χ3n) is 3.65. The van der Waals surface area contributed by atoms with Crippen LogP contribution in [0.25, 0.3) is 0 Å². The predicted octanol–water partition coefficient (Wildman–Crippen LogP) is 1.66. The minimum atomic E-state index is -0.0516. The molecule has 0 radical (unpaired) electrons. The van der Waals surface area contributed by atoms with Crippen molar-refractivity contribution in [2.45, 2.75) is 51.4 Å². The van der Waals surface area contributed by atoms with Crippen molar-refractivity contribution in [2.24, 2.45) is 11.8 Å². The Labute approximate surface area is 105 Å². The molecule has 0 unspecified atom stereocenters. The summed E-state index contributed by atoms with van der Waals surface area (Å²) in [7, 11) is 2.21. The van der Waals surface area contributed by atoms with Gasteiger partial charge in [0.15, 0.2) is 0 Å². The molecule has 0 bridgehead atoms. The summed E-state index contributed by atoms with van der Waals surface area (Å²) in [6.07, 6.45) is 9.48. The van der Waals surface area contributed by atoms with Crippen molar-refractivity contribution in [1.29, 1.82) is 0 Å². The highest BCUT2D eigenvalue weighted by Gasteiger charge is 2.16. The molecule has 3 N–H and O–H groups in total. The summed E-state index contributed by atoms with van der Waals surface area (Å²) >= 11 is 0. The Morgan fingerprint density at radius 1 is 1.29 bits per heavy atom. The first-order valence-electron chi connectivity index (χ1n) is 6.90. The fraction of sp³-hybridized carbons (Fsp3) is 0.923. The molecule has 1 aliphatic rings. The number of hydrogen-bond donors (Lipinski definition) is 2. The van der Waals surface area contributed by atoms with Crippen LogP contribution < -0.4 is 11.3 Å². The largest absolute Gasteiger partial charge is 0.306 e. The molecule has 0 aromatic carbocycles. The van der Waals surface area contributed by atoms with Crippen molar-refractivity contribution in [3.63, 3.8) is 0 Å². The van der Waals surface area contributed by atoms with Crippen molar-refractivity contribution >= 4 is 5.91 Å². The molecular weight excluding hydrogens is 214 g/mol. The van der Waals surface area contributed by atoms with Gasteiger partial charge in [-0.1, -0.05) is 19.3 Å². The van der Waals surface area contributed by atoms with E-state index in [1.54, 1.807) is 0 Å². The first-order chi connectivity index (χ1) is 8.22. The number of unbranched alkanes of at least 4 members (excludes halogenated alkanes) is 2. The number of hydrogen-bond acceptors (Lipinski definition) is 3. The number of nitrogens with one attached hydrogen (secondary N) is 1. The van der Waals surface area contributed by atoms with Crippen LogP contribution in [0.5, 0.6) is 0 Å². The minimum Gasteiger partial charge on any atom is -0.306 e. The zero-order valence-corrected chi connectivity index (χ0v) is 11.1. The van der Waals surface area contributed by atoms with Gasteiger partial charge in [-0.05, 0) is 45.2 Å². The molecule has 1 amide bonds. The number of hydrazine groups is 1. The second-order valence-electron chi connectivity index (χ2n) is 5.29. The van der Waals surface area contributed by atoms with E-state index in [1.807, 2.05) is 0 Å². The lowest BCUT2D eigenvalue weighted by Gasteiger charge is -2.20. The molecule has 100 valence electrons. The topological polar surface area (TPSA) is 58.4 Å². The van der Waals surface area contributed by atoms with Gasteiger partial charge < -0.3 is 4.90 Å². The summed E-state index contributed by atoms with van der Waals surface area (Å²) in [6.45, 7) is 2.41. The lowest BCUT2D eigenvalue weighted by molar-refractivity contribution is -0.121. The van der Waals surface area contributed by atoms with Crippen LogP contribution in [-0.4, -0.2) is 30.9 Å². The molecule has 4 heteroatoms. The molecule has 0 saturated heterocycles. The van der Waals surface area contributed by atoms with Crippen molar-refractivity contribution in [3.8, 4) is 0 Å². The van der Waals surface area contributed by atoms with Gasteiger partial charge >= 0.3 is 0 Å². The van der Waals surface area contributed by atoms with Gasteiger partial charge in [0, 0.05) is 13.0 Å². The summed E-state index contributed by atoms with van der Waals surface area (Å²) in [4.78, 5) is 13.3. The van der Waals surface area contributed by atoms with Crippen molar-refractivity contribution in [1.82, 2.24) is 10.3 Å². The summed E-state index contributed by atoms with van der Waals surface area (Å²) < 4.78 is 0. The Balaban J connectivity index is 1.92. The fourth-order valence-electron chi connectivity index (χ4n) is 2.64. The Morgan fingerprint density at radius 3 is 2.65 bits per heavy atom. The third-order valence-corrected chi connectivity index (χ3v) is 3.65. The van der Waals surface area contributed by atoms with Crippen molar-refractivity contribution in [3.05, 3.63) is 0 Å². The number of nitrogens with zero attached hydrogens (tertiary/aromatic N) is 1. The monoisotopic (exact) mass is 241 g/mol. The van der Waals surface area contributed by atoms with Gasteiger partial charge in [0.1, 0.15) is 0 Å². The maximum atomic E-state index is 10.9. The second-order valence-corrected chi connectivity index (χ2v) is 5.29. The Bertz CT molecular complexity index is 215. The first-order valence-corrected chi connectivity index (χ1v) is 6.90. The highest BCUT2D eigenvalue weighted by Crippen LogP contribution is 2.25. The van der Waals surface area contributed by atoms with E-state index < -0.39 is 0 Å². The number of amides is 1. The quantitative estimate of drug-likeness (QED) is 0.294. The molecule has 0 atom stereocenters. The molecule has 0 aliphatic heterocycles. The summed E-state index contributed by atoms with van der Waals surface area (Å²) in [6, 6.07) is 0. The smallest absolute Gasteiger partial charge is 0.233 e. The van der Waals surface area contributed by atoms with Gasteiger partial charge in [0.25, 0.3) is 0 Å². The fourth-order valence-corrected chi connectivity index (χ4v) is 2.64. The highest BCUT2D eigenvalue weighted by atomic mass is 16.2. The zero-order valence-electron chi connectivity index (χ0n) is 11.1. The van der Waals surface area contributed by atoms with E-state index in [2.05, 4.69) is 17.4 Å². The molecule has 1 rings (SSSR count). The summed E-state index contributed by atoms with van der Waals surface area (Å²) in [5.74, 6) is 5.90. The van der Waals surface area contributed by atoms with E-state index in [4.69, 9.17) is 5.84 Å². The average Bonchev–Trinajstić information content (AvgIpc) is 2.81. The number of carbonyl (C=O) groups excluding carboxylic acids is 1. The van der Waals surface area contributed by atoms with Crippen LogP contribution in [-0.2, 0) is 4.79 Å². The van der Waals surface area contributed by atoms with E-state index in [1.165, 1.54) is 38.6 Å². The predicted molar refractivity (Wildman–Crippen MR) is 70.3 cm³/mol. The summed E-state index contributed by atoms with van der Waals surface area (Å²) in [5.41, 5.74) is 2.16. The molecule has 17 heavy (non-hydrogen) atoms. The molecular formula is C13H27N3O. The third kappa shape index (κ3) is 6.64. The van der Waals surface area contributed by atoms with Gasteiger partial charge in [0.2, 0.25) is 5.91 Å². The van der Waals surface area contributed by atoms with Gasteiger partial charge in [-0.3, -0.25) is 10.2 Å². The Hall–Kier alpha value is -0.610. The second kappa shape index (κ2) is 8.48. The molecule has 0 spiro atoms. The van der Waals surface area contributed by atoms with Gasteiger partial charge in [-0.25, -0.2) is 5.84 Å². The van der Waals surface area contributed by atoms with Gasteiger partial charge in [-0.15, -0.1) is 0 Å². The van der Waals surface area contributed by atoms with E-state index in [0.717, 1.165) is 25.3 Å². The normalized spacial score (nSPS) is 16.6. The number of nitrogens with two attached hydrogens (primary N) is 1. The molecule has 0 heterocycles. The standard InChI is InChI=1S/C13H27N3O/c1-16(11-12-7-4-5-8-12)10-6-2-3-9-13(17)15-14/h12H,2-11,14H2,1H3,(H,15,17). The van der Waals surface area contributed by atoms with Crippen LogP contribution in [0.4, 0.5) is 0 Å². The van der Waals surface area contributed by atoms with E-state index in [9.17, 15) is 4.79 Å². The first kappa shape index (κ1) is 14.5. The van der Waals surface area contributed by atoms with Crippen LogP contribution in [0.2, 0.25) is 0 Å². The lowest BCUT2D eigenvalue weighted by Crippen LogP contribution is -2.29. The van der Waals surface area contributed by atoms with Crippen LogP contribution in [0.1, 0.15) is 51.4 Å². The molecule has 1 saturated carbocycles. The van der Waals surface area contributed by atoms with E-state index in [0.29, 0.717) is 6.42 Å². The maximum absolute atomic E-state index is 10.9. The van der Waals surface area contributed by atoms with Crippen molar-refractivity contribution in [2.75, 3.05) is 20.1 Å². The molecule has 1 fully saturated rings. The van der Waals surface area contributed by atoms with Crippen LogP contribution in [0.15, 0.2) is 0 Å². The van der Waals surface area contributed by atoms with Gasteiger partial charge in [0.05, 0.1) is 0 Å². The van der Waals surface area contributed by atoms with E-state index in [-0.39, 0.29) is 5.91 Å². The van der Waals surface area contributed by atoms with E-state index >= 15 is 0 Å². The molecule has 0 aromatic rings. The highest BCUT2D eigenvalue weighted by molar-refractivity contribution is 5.74. The van der Waals surface area contributed by atoms with Crippen LogP contribution >= 0.6 is 0 Å².